The van der Waals surface area contributed by atoms with Crippen LogP contribution in [-0.2, 0) is 6.54 Å². The molecule has 2 N–H and O–H groups in total. The standard InChI is InChI=1S/C15H19N3/c1-11-5-4-8-18(11)15-9-12(10-16)13-6-2-3-7-14(13)17-15/h2-3,6-7,9,11H,4-5,8,10,16H2,1H3. The van der Waals surface area contributed by atoms with E-state index >= 15 is 0 Å². The van der Waals surface area contributed by atoms with E-state index in [1.54, 1.807) is 0 Å². The van der Waals surface area contributed by atoms with Gasteiger partial charge >= 0.3 is 0 Å². The van der Waals surface area contributed by atoms with Gasteiger partial charge in [0, 0.05) is 24.5 Å². The van der Waals surface area contributed by atoms with Gasteiger partial charge in [-0.15, -0.1) is 0 Å². The molecular weight excluding hydrogens is 222 g/mol. The van der Waals surface area contributed by atoms with Gasteiger partial charge in [0.2, 0.25) is 0 Å². The molecular formula is C15H19N3. The summed E-state index contributed by atoms with van der Waals surface area (Å²) in [6.45, 7) is 3.95. The first-order chi connectivity index (χ1) is 8.79. The summed E-state index contributed by atoms with van der Waals surface area (Å²) in [5.41, 5.74) is 8.11. The van der Waals surface area contributed by atoms with Crippen molar-refractivity contribution in [2.75, 3.05) is 11.4 Å². The van der Waals surface area contributed by atoms with Crippen molar-refractivity contribution in [3.63, 3.8) is 0 Å². The first-order valence-corrected chi connectivity index (χ1v) is 6.65. The summed E-state index contributed by atoms with van der Waals surface area (Å²) in [4.78, 5) is 7.18. The van der Waals surface area contributed by atoms with Crippen LogP contribution >= 0.6 is 0 Å². The van der Waals surface area contributed by atoms with Gasteiger partial charge in [-0.2, -0.15) is 0 Å². The smallest absolute Gasteiger partial charge is 0.129 e. The van der Waals surface area contributed by atoms with Crippen LogP contribution in [0.3, 0.4) is 0 Å². The number of rotatable bonds is 2. The number of aromatic nitrogens is 1. The van der Waals surface area contributed by atoms with Crippen LogP contribution in [0, 0.1) is 0 Å². The average Bonchev–Trinajstić information content (AvgIpc) is 2.83. The Labute approximate surface area is 108 Å². The van der Waals surface area contributed by atoms with Gasteiger partial charge in [0.05, 0.1) is 5.52 Å². The summed E-state index contributed by atoms with van der Waals surface area (Å²) in [6.07, 6.45) is 2.51. The zero-order valence-corrected chi connectivity index (χ0v) is 10.8. The van der Waals surface area contributed by atoms with E-state index in [1.165, 1.54) is 23.8 Å². The number of para-hydroxylation sites is 1. The molecule has 1 aromatic carbocycles. The number of benzene rings is 1. The molecule has 18 heavy (non-hydrogen) atoms. The van der Waals surface area contributed by atoms with Gasteiger partial charge in [-0.1, -0.05) is 18.2 Å². The van der Waals surface area contributed by atoms with Crippen LogP contribution in [0.4, 0.5) is 5.82 Å². The van der Waals surface area contributed by atoms with E-state index in [2.05, 4.69) is 30.0 Å². The minimum Gasteiger partial charge on any atom is -0.354 e. The largest absolute Gasteiger partial charge is 0.354 e. The Hall–Kier alpha value is -1.61. The highest BCUT2D eigenvalue weighted by atomic mass is 15.2. The van der Waals surface area contributed by atoms with E-state index in [9.17, 15) is 0 Å². The average molecular weight is 241 g/mol. The second-order valence-corrected chi connectivity index (χ2v) is 5.05. The predicted molar refractivity (Wildman–Crippen MR) is 75.7 cm³/mol. The van der Waals surface area contributed by atoms with Gasteiger partial charge in [0.1, 0.15) is 5.82 Å². The minimum atomic E-state index is 0.568. The molecule has 94 valence electrons. The number of pyridine rings is 1. The Balaban J connectivity index is 2.13. The molecule has 3 rings (SSSR count). The summed E-state index contributed by atoms with van der Waals surface area (Å²) in [5.74, 6) is 1.08. The molecule has 1 atom stereocenters. The summed E-state index contributed by atoms with van der Waals surface area (Å²) >= 11 is 0. The topological polar surface area (TPSA) is 42.1 Å². The number of nitrogens with zero attached hydrogens (tertiary/aromatic N) is 2. The second-order valence-electron chi connectivity index (χ2n) is 5.05. The SMILES string of the molecule is CC1CCCN1c1cc(CN)c2ccccc2n1. The molecule has 1 aromatic heterocycles. The molecule has 3 nitrogen and oxygen atoms in total. The highest BCUT2D eigenvalue weighted by Gasteiger charge is 2.22. The van der Waals surface area contributed by atoms with Crippen LogP contribution in [0.15, 0.2) is 30.3 Å². The van der Waals surface area contributed by atoms with Gasteiger partial charge in [0.25, 0.3) is 0 Å². The van der Waals surface area contributed by atoms with Crippen LogP contribution < -0.4 is 10.6 Å². The maximum Gasteiger partial charge on any atom is 0.129 e. The molecule has 0 bridgehead atoms. The van der Waals surface area contributed by atoms with E-state index in [4.69, 9.17) is 10.7 Å². The van der Waals surface area contributed by atoms with Gasteiger partial charge in [0.15, 0.2) is 0 Å². The van der Waals surface area contributed by atoms with Gasteiger partial charge in [-0.3, -0.25) is 0 Å². The fourth-order valence-electron chi connectivity index (χ4n) is 2.82. The van der Waals surface area contributed by atoms with Crippen molar-refractivity contribution in [3.05, 3.63) is 35.9 Å². The lowest BCUT2D eigenvalue weighted by atomic mass is 10.1. The van der Waals surface area contributed by atoms with Gasteiger partial charge < -0.3 is 10.6 Å². The van der Waals surface area contributed by atoms with Crippen LogP contribution in [0.25, 0.3) is 10.9 Å². The lowest BCUT2D eigenvalue weighted by molar-refractivity contribution is 0.728. The van der Waals surface area contributed by atoms with Crippen molar-refractivity contribution >= 4 is 16.7 Å². The summed E-state index contributed by atoms with van der Waals surface area (Å²) in [5, 5.41) is 1.18. The normalized spacial score (nSPS) is 19.7. The highest BCUT2D eigenvalue weighted by molar-refractivity contribution is 5.84. The van der Waals surface area contributed by atoms with Gasteiger partial charge in [-0.05, 0) is 37.5 Å². The monoisotopic (exact) mass is 241 g/mol. The molecule has 0 spiro atoms. The molecule has 0 amide bonds. The predicted octanol–water partition coefficient (Wildman–Crippen LogP) is 2.68. The third-order valence-electron chi connectivity index (χ3n) is 3.86. The van der Waals surface area contributed by atoms with Crippen molar-refractivity contribution in [1.82, 2.24) is 4.98 Å². The third-order valence-corrected chi connectivity index (χ3v) is 3.86. The Morgan fingerprint density at radius 3 is 2.94 bits per heavy atom. The van der Waals surface area contributed by atoms with Crippen molar-refractivity contribution in [3.8, 4) is 0 Å². The van der Waals surface area contributed by atoms with E-state index in [1.807, 2.05) is 12.1 Å². The molecule has 0 saturated carbocycles. The lowest BCUT2D eigenvalue weighted by Gasteiger charge is -2.23. The first-order valence-electron chi connectivity index (χ1n) is 6.65. The van der Waals surface area contributed by atoms with Crippen molar-refractivity contribution < 1.29 is 0 Å². The maximum absolute atomic E-state index is 5.87. The molecule has 2 heterocycles. The molecule has 1 aliphatic rings. The van der Waals surface area contributed by atoms with Crippen LogP contribution in [0.2, 0.25) is 0 Å². The van der Waals surface area contributed by atoms with Crippen LogP contribution in [0.1, 0.15) is 25.3 Å². The Kier molecular flexibility index (Phi) is 2.92. The first kappa shape index (κ1) is 11.5. The quantitative estimate of drug-likeness (QED) is 0.879. The van der Waals surface area contributed by atoms with E-state index in [0.717, 1.165) is 17.9 Å². The van der Waals surface area contributed by atoms with Crippen molar-refractivity contribution in [2.24, 2.45) is 5.73 Å². The zero-order chi connectivity index (χ0) is 12.5. The fraction of sp³-hybridized carbons (Fsp3) is 0.400. The van der Waals surface area contributed by atoms with Crippen molar-refractivity contribution in [2.45, 2.75) is 32.4 Å². The summed E-state index contributed by atoms with van der Waals surface area (Å²) in [6, 6.07) is 11.0. The Bertz CT molecular complexity index is 565. The van der Waals surface area contributed by atoms with Crippen LogP contribution in [0.5, 0.6) is 0 Å². The van der Waals surface area contributed by atoms with E-state index < -0.39 is 0 Å². The highest BCUT2D eigenvalue weighted by Crippen LogP contribution is 2.27. The van der Waals surface area contributed by atoms with E-state index in [0.29, 0.717) is 12.6 Å². The van der Waals surface area contributed by atoms with Crippen LogP contribution in [-0.4, -0.2) is 17.6 Å². The molecule has 1 unspecified atom stereocenters. The second kappa shape index (κ2) is 4.58. The number of hydrogen-bond acceptors (Lipinski definition) is 3. The Morgan fingerprint density at radius 1 is 1.39 bits per heavy atom. The molecule has 0 aliphatic carbocycles. The van der Waals surface area contributed by atoms with Crippen molar-refractivity contribution in [1.29, 1.82) is 0 Å². The summed E-state index contributed by atoms with van der Waals surface area (Å²) < 4.78 is 0. The maximum atomic E-state index is 5.87. The fourth-order valence-corrected chi connectivity index (χ4v) is 2.82. The molecule has 1 aliphatic heterocycles. The van der Waals surface area contributed by atoms with Gasteiger partial charge in [-0.25, -0.2) is 4.98 Å². The number of anilines is 1. The molecule has 0 radical (unpaired) electrons. The molecule has 2 aromatic rings. The summed E-state index contributed by atoms with van der Waals surface area (Å²) in [7, 11) is 0. The Morgan fingerprint density at radius 2 is 2.22 bits per heavy atom. The zero-order valence-electron chi connectivity index (χ0n) is 10.8. The minimum absolute atomic E-state index is 0.568. The van der Waals surface area contributed by atoms with E-state index in [-0.39, 0.29) is 0 Å². The lowest BCUT2D eigenvalue weighted by Crippen LogP contribution is -2.27. The molecule has 1 fully saturated rings. The number of hydrogen-bond donors (Lipinski definition) is 1. The number of nitrogens with two attached hydrogens (primary N) is 1. The number of fused-ring (bicyclic) bond motifs is 1. The third kappa shape index (κ3) is 1.85. The molecule has 1 saturated heterocycles. The molecule has 3 heteroatoms.